The van der Waals surface area contributed by atoms with Crippen molar-refractivity contribution in [2.24, 2.45) is 5.92 Å². The summed E-state index contributed by atoms with van der Waals surface area (Å²) in [4.78, 5) is 14.3. The van der Waals surface area contributed by atoms with Crippen molar-refractivity contribution < 1.29 is 14.3 Å². The molecular weight excluding hydrogens is 337 g/mol. The van der Waals surface area contributed by atoms with Gasteiger partial charge in [-0.2, -0.15) is 0 Å². The number of amides is 1. The zero-order valence-corrected chi connectivity index (χ0v) is 14.2. The lowest BCUT2D eigenvalue weighted by molar-refractivity contribution is -0.134. The summed E-state index contributed by atoms with van der Waals surface area (Å²) >= 11 is 12.2. The molecule has 1 aromatic rings. The predicted octanol–water partition coefficient (Wildman–Crippen LogP) is 3.62. The van der Waals surface area contributed by atoms with Gasteiger partial charge in [-0.25, -0.2) is 0 Å². The van der Waals surface area contributed by atoms with Crippen LogP contribution in [0.4, 0.5) is 0 Å². The van der Waals surface area contributed by atoms with E-state index in [1.807, 2.05) is 4.90 Å². The number of hydrogen-bond acceptors (Lipinski definition) is 3. The number of likely N-dealkylation sites (tertiary alicyclic amines) is 1. The first-order valence-electron chi connectivity index (χ1n) is 7.79. The van der Waals surface area contributed by atoms with E-state index >= 15 is 0 Å². The van der Waals surface area contributed by atoms with E-state index in [9.17, 15) is 4.79 Å². The summed E-state index contributed by atoms with van der Waals surface area (Å²) in [5, 5.41) is 1.07. The molecule has 124 valence electrons. The highest BCUT2D eigenvalue weighted by Gasteiger charge is 2.32. The van der Waals surface area contributed by atoms with Gasteiger partial charge in [0.25, 0.3) is 0 Å². The van der Waals surface area contributed by atoms with Gasteiger partial charge in [0.1, 0.15) is 0 Å². The number of hydrogen-bond donors (Lipinski definition) is 0. The minimum atomic E-state index is -0.174. The molecule has 2 heterocycles. The van der Waals surface area contributed by atoms with Crippen LogP contribution in [-0.4, -0.2) is 43.4 Å². The highest BCUT2D eigenvalue weighted by atomic mass is 35.5. The number of nitrogens with zero attached hydrogens (tertiary/aromatic N) is 1. The normalized spacial score (nSPS) is 22.9. The van der Waals surface area contributed by atoms with Gasteiger partial charge >= 0.3 is 0 Å². The quantitative estimate of drug-likeness (QED) is 0.777. The van der Waals surface area contributed by atoms with E-state index in [0.29, 0.717) is 35.4 Å². The smallest absolute Gasteiger partial charge is 0.246 e. The molecule has 2 aliphatic heterocycles. The fraction of sp³-hybridized carbons (Fsp3) is 0.471. The molecule has 0 N–H and O–H groups in total. The topological polar surface area (TPSA) is 38.8 Å². The lowest BCUT2D eigenvalue weighted by Gasteiger charge is -2.34. The molecule has 0 aliphatic carbocycles. The third-order valence-corrected chi connectivity index (χ3v) is 4.85. The fourth-order valence-electron chi connectivity index (χ4n) is 3.01. The largest absolute Gasteiger partial charge is 0.350 e. The second-order valence-electron chi connectivity index (χ2n) is 5.77. The van der Waals surface area contributed by atoms with Crippen molar-refractivity contribution in [2.45, 2.75) is 19.1 Å². The minimum Gasteiger partial charge on any atom is -0.350 e. The number of ether oxygens (including phenoxy) is 2. The SMILES string of the molecule is O=C(/C=C/c1c(Cl)cccc1Cl)N1CCCC(C2OCCO2)C1. The number of carbonyl (C=O) groups excluding carboxylic acids is 1. The van der Waals surface area contributed by atoms with Crippen molar-refractivity contribution in [1.29, 1.82) is 0 Å². The summed E-state index contributed by atoms with van der Waals surface area (Å²) in [5.41, 5.74) is 0.667. The molecule has 0 bridgehead atoms. The molecule has 4 nitrogen and oxygen atoms in total. The maximum Gasteiger partial charge on any atom is 0.246 e. The second kappa shape index (κ2) is 7.67. The Kier molecular flexibility index (Phi) is 5.59. The summed E-state index contributed by atoms with van der Waals surface area (Å²) in [7, 11) is 0. The summed E-state index contributed by atoms with van der Waals surface area (Å²) < 4.78 is 11.1. The monoisotopic (exact) mass is 355 g/mol. The van der Waals surface area contributed by atoms with Crippen molar-refractivity contribution in [3.05, 3.63) is 39.9 Å². The van der Waals surface area contributed by atoms with Crippen molar-refractivity contribution in [1.82, 2.24) is 4.90 Å². The van der Waals surface area contributed by atoms with Gasteiger partial charge < -0.3 is 14.4 Å². The average molecular weight is 356 g/mol. The number of piperidine rings is 1. The van der Waals surface area contributed by atoms with Crippen molar-refractivity contribution in [3.8, 4) is 0 Å². The van der Waals surface area contributed by atoms with E-state index in [0.717, 1.165) is 19.4 Å². The number of carbonyl (C=O) groups is 1. The van der Waals surface area contributed by atoms with Crippen LogP contribution in [0.1, 0.15) is 18.4 Å². The van der Waals surface area contributed by atoms with Crippen LogP contribution in [-0.2, 0) is 14.3 Å². The van der Waals surface area contributed by atoms with Crippen LogP contribution in [0, 0.1) is 5.92 Å². The van der Waals surface area contributed by atoms with E-state index in [2.05, 4.69) is 0 Å². The first-order valence-corrected chi connectivity index (χ1v) is 8.55. The Morgan fingerprint density at radius 3 is 2.61 bits per heavy atom. The minimum absolute atomic E-state index is 0.0383. The van der Waals surface area contributed by atoms with E-state index in [1.165, 1.54) is 6.08 Å². The third kappa shape index (κ3) is 4.07. The molecule has 0 saturated carbocycles. The van der Waals surface area contributed by atoms with E-state index in [1.54, 1.807) is 24.3 Å². The third-order valence-electron chi connectivity index (χ3n) is 4.19. The second-order valence-corrected chi connectivity index (χ2v) is 6.58. The number of halogens is 2. The van der Waals surface area contributed by atoms with Crippen LogP contribution in [0.2, 0.25) is 10.0 Å². The maximum atomic E-state index is 12.4. The molecule has 0 aromatic heterocycles. The Morgan fingerprint density at radius 2 is 1.91 bits per heavy atom. The first-order chi connectivity index (χ1) is 11.1. The molecule has 0 spiro atoms. The predicted molar refractivity (Wildman–Crippen MR) is 90.5 cm³/mol. The van der Waals surface area contributed by atoms with Crippen molar-refractivity contribution in [3.63, 3.8) is 0 Å². The molecule has 23 heavy (non-hydrogen) atoms. The van der Waals surface area contributed by atoms with E-state index < -0.39 is 0 Å². The Bertz CT molecular complexity index is 579. The zero-order chi connectivity index (χ0) is 16.2. The van der Waals surface area contributed by atoms with Crippen molar-refractivity contribution in [2.75, 3.05) is 26.3 Å². The zero-order valence-electron chi connectivity index (χ0n) is 12.7. The van der Waals surface area contributed by atoms with E-state index in [4.69, 9.17) is 32.7 Å². The molecule has 1 unspecified atom stereocenters. The highest BCUT2D eigenvalue weighted by molar-refractivity contribution is 6.37. The van der Waals surface area contributed by atoms with Crippen molar-refractivity contribution >= 4 is 35.2 Å². The molecule has 2 fully saturated rings. The van der Waals surface area contributed by atoms with Gasteiger partial charge in [0, 0.05) is 40.7 Å². The Hall–Kier alpha value is -1.07. The molecule has 1 aromatic carbocycles. The first kappa shape index (κ1) is 16.8. The summed E-state index contributed by atoms with van der Waals surface area (Å²) in [6, 6.07) is 5.28. The summed E-state index contributed by atoms with van der Waals surface area (Å²) in [5.74, 6) is 0.205. The molecule has 1 amide bonds. The molecule has 3 rings (SSSR count). The Balaban J connectivity index is 1.64. The van der Waals surface area contributed by atoms with Gasteiger partial charge in [-0.15, -0.1) is 0 Å². The maximum absolute atomic E-state index is 12.4. The molecule has 0 radical (unpaired) electrons. The molecule has 1 atom stereocenters. The molecule has 2 saturated heterocycles. The van der Waals surface area contributed by atoms with Crippen LogP contribution in [0.3, 0.4) is 0 Å². The lowest BCUT2D eigenvalue weighted by Crippen LogP contribution is -2.43. The van der Waals surface area contributed by atoms with Gasteiger partial charge in [0.2, 0.25) is 5.91 Å². The van der Waals surface area contributed by atoms with Gasteiger partial charge in [-0.1, -0.05) is 29.3 Å². The summed E-state index contributed by atoms with van der Waals surface area (Å²) in [6.45, 7) is 2.69. The summed E-state index contributed by atoms with van der Waals surface area (Å²) in [6.07, 6.45) is 5.02. The fourth-order valence-corrected chi connectivity index (χ4v) is 3.53. The van der Waals surface area contributed by atoms with Gasteiger partial charge in [0.15, 0.2) is 6.29 Å². The Morgan fingerprint density at radius 1 is 1.22 bits per heavy atom. The lowest BCUT2D eigenvalue weighted by atomic mass is 9.97. The Labute approximate surface area is 145 Å². The van der Waals surface area contributed by atoms with Crippen LogP contribution < -0.4 is 0 Å². The average Bonchev–Trinajstić information content (AvgIpc) is 3.09. The van der Waals surface area contributed by atoms with Gasteiger partial charge in [-0.05, 0) is 31.1 Å². The van der Waals surface area contributed by atoms with Crippen LogP contribution in [0.25, 0.3) is 6.08 Å². The highest BCUT2D eigenvalue weighted by Crippen LogP contribution is 2.27. The molecule has 6 heteroatoms. The van der Waals surface area contributed by atoms with Crippen LogP contribution in [0.15, 0.2) is 24.3 Å². The number of rotatable bonds is 3. The van der Waals surface area contributed by atoms with Crippen LogP contribution in [0.5, 0.6) is 0 Å². The van der Waals surface area contributed by atoms with Gasteiger partial charge in [0.05, 0.1) is 13.2 Å². The number of benzene rings is 1. The van der Waals surface area contributed by atoms with Crippen LogP contribution >= 0.6 is 23.2 Å². The van der Waals surface area contributed by atoms with Gasteiger partial charge in [-0.3, -0.25) is 4.79 Å². The standard InChI is InChI=1S/C17H19Cl2NO3/c18-14-4-1-5-15(19)13(14)6-7-16(21)20-8-2-3-12(11-20)17-22-9-10-23-17/h1,4-7,12,17H,2-3,8-11H2/b7-6+. The van der Waals surface area contributed by atoms with E-state index in [-0.39, 0.29) is 18.1 Å². The molecule has 2 aliphatic rings. The molecular formula is C17H19Cl2NO3.